The summed E-state index contributed by atoms with van der Waals surface area (Å²) >= 11 is 0. The van der Waals surface area contributed by atoms with Gasteiger partial charge >= 0.3 is 5.97 Å². The summed E-state index contributed by atoms with van der Waals surface area (Å²) in [5, 5.41) is 12.4. The number of carboxylic acids is 1. The smallest absolute Gasteiger partial charge is 0.326 e. The summed E-state index contributed by atoms with van der Waals surface area (Å²) in [5.74, 6) is -0.687. The molecular formula is C32H38N2O4. The minimum absolute atomic E-state index is 0.220. The van der Waals surface area contributed by atoms with Gasteiger partial charge in [0.05, 0.1) is 6.61 Å². The molecule has 1 unspecified atom stereocenters. The molecule has 1 atom stereocenters. The molecule has 0 aromatic heterocycles. The number of nitrogens with zero attached hydrogens (tertiary/aromatic N) is 1. The number of carboxylic acid groups (broad SMARTS) is 1. The van der Waals surface area contributed by atoms with Gasteiger partial charge in [-0.05, 0) is 79.2 Å². The number of hydrogen-bond acceptors (Lipinski definition) is 4. The van der Waals surface area contributed by atoms with Crippen LogP contribution in [-0.2, 0) is 24.2 Å². The fraction of sp³-hybridized carbons (Fsp3) is 0.375. The molecule has 38 heavy (non-hydrogen) atoms. The number of carbonyl (C=O) groups excluding carboxylic acids is 1. The monoisotopic (exact) mass is 514 g/mol. The molecule has 6 heteroatoms. The first-order valence-corrected chi connectivity index (χ1v) is 13.7. The van der Waals surface area contributed by atoms with Crippen molar-refractivity contribution < 1.29 is 19.4 Å². The van der Waals surface area contributed by atoms with Crippen LogP contribution in [-0.4, -0.2) is 47.6 Å². The molecule has 0 aliphatic carbocycles. The second kappa shape index (κ2) is 13.8. The van der Waals surface area contributed by atoms with E-state index in [0.29, 0.717) is 18.6 Å². The number of aliphatic carboxylic acids is 1. The minimum Gasteiger partial charge on any atom is -0.493 e. The summed E-state index contributed by atoms with van der Waals surface area (Å²) in [7, 11) is 0. The normalized spacial score (nSPS) is 15.4. The lowest BCUT2D eigenvalue weighted by Crippen LogP contribution is -2.42. The van der Waals surface area contributed by atoms with Crippen LogP contribution in [0.1, 0.15) is 65.2 Å². The first kappa shape index (κ1) is 27.4. The molecule has 3 aromatic rings. The molecule has 200 valence electrons. The van der Waals surface area contributed by atoms with E-state index in [4.69, 9.17) is 4.74 Å². The molecule has 1 aliphatic heterocycles. The van der Waals surface area contributed by atoms with Crippen molar-refractivity contribution in [2.75, 3.05) is 19.7 Å². The first-order chi connectivity index (χ1) is 18.5. The van der Waals surface area contributed by atoms with Crippen molar-refractivity contribution in [3.63, 3.8) is 0 Å². The van der Waals surface area contributed by atoms with Crippen LogP contribution >= 0.6 is 0 Å². The molecule has 0 spiro atoms. The average Bonchev–Trinajstić information content (AvgIpc) is 2.91. The van der Waals surface area contributed by atoms with Gasteiger partial charge in [0.25, 0.3) is 5.91 Å². The maximum Gasteiger partial charge on any atom is 0.326 e. The van der Waals surface area contributed by atoms with E-state index in [1.54, 1.807) is 6.07 Å². The van der Waals surface area contributed by atoms with Crippen molar-refractivity contribution in [3.8, 4) is 5.75 Å². The van der Waals surface area contributed by atoms with Crippen LogP contribution in [0.25, 0.3) is 0 Å². The SMILES string of the molecule is CCCN1CCCCCOc2ccc(C(=O)NC(Cc3ccccc3)C(=O)O)cc2Cc2cccc(c2)C1. The summed E-state index contributed by atoms with van der Waals surface area (Å²) in [5.41, 5.74) is 4.65. The van der Waals surface area contributed by atoms with E-state index in [9.17, 15) is 14.7 Å². The Bertz CT molecular complexity index is 1210. The van der Waals surface area contributed by atoms with Crippen LogP contribution in [0.3, 0.4) is 0 Å². The van der Waals surface area contributed by atoms with Crippen molar-refractivity contribution in [3.05, 3.63) is 101 Å². The lowest BCUT2D eigenvalue weighted by atomic mass is 9.99. The predicted molar refractivity (Wildman–Crippen MR) is 150 cm³/mol. The Kier molecular flexibility index (Phi) is 9.93. The van der Waals surface area contributed by atoms with Gasteiger partial charge in [0.1, 0.15) is 11.8 Å². The highest BCUT2D eigenvalue weighted by Crippen LogP contribution is 2.25. The van der Waals surface area contributed by atoms with Gasteiger partial charge in [-0.2, -0.15) is 0 Å². The van der Waals surface area contributed by atoms with Crippen LogP contribution in [0.4, 0.5) is 0 Å². The van der Waals surface area contributed by atoms with Gasteiger partial charge in [0.15, 0.2) is 0 Å². The fourth-order valence-corrected chi connectivity index (χ4v) is 4.99. The van der Waals surface area contributed by atoms with Gasteiger partial charge in [-0.15, -0.1) is 0 Å². The molecule has 2 N–H and O–H groups in total. The molecule has 0 saturated heterocycles. The number of rotatable bonds is 7. The Labute approximate surface area is 225 Å². The molecule has 2 bridgehead atoms. The van der Waals surface area contributed by atoms with Crippen molar-refractivity contribution in [1.82, 2.24) is 10.2 Å². The third kappa shape index (κ3) is 7.93. The molecule has 3 aromatic carbocycles. The number of ether oxygens (including phenoxy) is 1. The van der Waals surface area contributed by atoms with Gasteiger partial charge in [0.2, 0.25) is 0 Å². The van der Waals surface area contributed by atoms with Crippen LogP contribution in [0.2, 0.25) is 0 Å². The Morgan fingerprint density at radius 2 is 1.79 bits per heavy atom. The Balaban J connectivity index is 1.56. The maximum absolute atomic E-state index is 13.1. The molecule has 6 nitrogen and oxygen atoms in total. The van der Waals surface area contributed by atoms with Gasteiger partial charge in [-0.3, -0.25) is 9.69 Å². The largest absolute Gasteiger partial charge is 0.493 e. The Hall–Kier alpha value is -3.64. The van der Waals surface area contributed by atoms with Crippen LogP contribution in [0, 0.1) is 0 Å². The van der Waals surface area contributed by atoms with E-state index >= 15 is 0 Å². The maximum atomic E-state index is 13.1. The quantitative estimate of drug-likeness (QED) is 0.437. The van der Waals surface area contributed by atoms with Crippen LogP contribution in [0.5, 0.6) is 5.75 Å². The third-order valence-electron chi connectivity index (χ3n) is 6.92. The number of amides is 1. The molecule has 1 amide bonds. The summed E-state index contributed by atoms with van der Waals surface area (Å²) in [6.07, 6.45) is 5.21. The van der Waals surface area contributed by atoms with Crippen molar-refractivity contribution >= 4 is 11.9 Å². The zero-order valence-electron chi connectivity index (χ0n) is 22.2. The second-order valence-corrected chi connectivity index (χ2v) is 10.1. The van der Waals surface area contributed by atoms with E-state index in [2.05, 4.69) is 41.4 Å². The lowest BCUT2D eigenvalue weighted by molar-refractivity contribution is -0.139. The van der Waals surface area contributed by atoms with Gasteiger partial charge < -0.3 is 15.2 Å². The van der Waals surface area contributed by atoms with E-state index in [1.807, 2.05) is 42.5 Å². The number of carbonyl (C=O) groups is 2. The van der Waals surface area contributed by atoms with Crippen molar-refractivity contribution in [2.45, 2.75) is 58.0 Å². The molecule has 0 saturated carbocycles. The molecule has 1 heterocycles. The summed E-state index contributed by atoms with van der Waals surface area (Å²) in [6, 6.07) is 22.3. The molecule has 4 rings (SSSR count). The summed E-state index contributed by atoms with van der Waals surface area (Å²) < 4.78 is 6.17. The van der Waals surface area contributed by atoms with E-state index < -0.39 is 17.9 Å². The number of hydrogen-bond donors (Lipinski definition) is 2. The summed E-state index contributed by atoms with van der Waals surface area (Å²) in [6.45, 7) is 5.97. The molecular weight excluding hydrogens is 476 g/mol. The standard InChI is InChI=1S/C32H38N2O4/c1-2-16-34-17-7-4-8-18-38-30-15-14-27(22-28(30)20-25-12-9-13-26(19-25)23-34)31(35)33-29(32(36)37)21-24-10-5-3-6-11-24/h3,5-6,9-15,19,22,29H,2,4,7-8,16-18,20-21,23H2,1H3,(H,33,35)(H,36,37). The lowest BCUT2D eigenvalue weighted by Gasteiger charge is -2.23. The van der Waals surface area contributed by atoms with Gasteiger partial charge in [0, 0.05) is 24.9 Å². The highest BCUT2D eigenvalue weighted by atomic mass is 16.5. The van der Waals surface area contributed by atoms with Crippen molar-refractivity contribution in [1.29, 1.82) is 0 Å². The minimum atomic E-state index is -1.06. The number of fused-ring (bicyclic) bond motifs is 3. The Morgan fingerprint density at radius 3 is 2.58 bits per heavy atom. The molecule has 0 radical (unpaired) electrons. The predicted octanol–water partition coefficient (Wildman–Crippen LogP) is 5.48. The number of benzene rings is 3. The van der Waals surface area contributed by atoms with E-state index in [-0.39, 0.29) is 6.42 Å². The van der Waals surface area contributed by atoms with Gasteiger partial charge in [-0.25, -0.2) is 4.79 Å². The zero-order chi connectivity index (χ0) is 26.7. The van der Waals surface area contributed by atoms with Crippen molar-refractivity contribution in [2.24, 2.45) is 0 Å². The highest BCUT2D eigenvalue weighted by Gasteiger charge is 2.22. The first-order valence-electron chi connectivity index (χ1n) is 13.7. The molecule has 0 fully saturated rings. The van der Waals surface area contributed by atoms with Gasteiger partial charge in [-0.1, -0.05) is 61.5 Å². The highest BCUT2D eigenvalue weighted by molar-refractivity contribution is 5.97. The Morgan fingerprint density at radius 1 is 0.974 bits per heavy atom. The zero-order valence-corrected chi connectivity index (χ0v) is 22.2. The van der Waals surface area contributed by atoms with E-state index in [1.165, 1.54) is 5.56 Å². The topological polar surface area (TPSA) is 78.9 Å². The number of nitrogens with one attached hydrogen (secondary N) is 1. The third-order valence-corrected chi connectivity index (χ3v) is 6.92. The van der Waals surface area contributed by atoms with Crippen LogP contribution < -0.4 is 10.1 Å². The summed E-state index contributed by atoms with van der Waals surface area (Å²) in [4.78, 5) is 27.6. The van der Waals surface area contributed by atoms with E-state index in [0.717, 1.165) is 67.8 Å². The fourth-order valence-electron chi connectivity index (χ4n) is 4.99. The van der Waals surface area contributed by atoms with Crippen LogP contribution in [0.15, 0.2) is 72.8 Å². The second-order valence-electron chi connectivity index (χ2n) is 10.1. The average molecular weight is 515 g/mol. The molecule has 1 aliphatic rings.